The first-order chi connectivity index (χ1) is 16.2. The molecule has 0 atom stereocenters. The lowest BCUT2D eigenvalue weighted by Gasteiger charge is -2.30. The summed E-state index contributed by atoms with van der Waals surface area (Å²) in [6, 6.07) is 5.62. The fourth-order valence-corrected chi connectivity index (χ4v) is 4.13. The van der Waals surface area contributed by atoms with Crippen LogP contribution in [0.3, 0.4) is 0 Å². The van der Waals surface area contributed by atoms with Gasteiger partial charge in [-0.15, -0.1) is 0 Å². The molecule has 0 aliphatic carbocycles. The van der Waals surface area contributed by atoms with Crippen molar-refractivity contribution in [3.8, 4) is 5.75 Å². The second-order valence-electron chi connectivity index (χ2n) is 8.19. The van der Waals surface area contributed by atoms with E-state index in [-0.39, 0.29) is 5.75 Å². The second kappa shape index (κ2) is 11.1. The van der Waals surface area contributed by atoms with E-state index in [2.05, 4.69) is 49.0 Å². The number of aromatic hydroxyl groups is 1. The van der Waals surface area contributed by atoms with Gasteiger partial charge in [0.25, 0.3) is 0 Å². The van der Waals surface area contributed by atoms with E-state index >= 15 is 0 Å². The molecule has 2 aliphatic heterocycles. The average molecular weight is 455 g/mol. The Hall–Kier alpha value is -3.14. The van der Waals surface area contributed by atoms with Gasteiger partial charge in [0.2, 0.25) is 17.8 Å². The number of aromatic nitrogens is 3. The van der Waals surface area contributed by atoms with Crippen LogP contribution in [0, 0.1) is 0 Å². The normalized spacial score (nSPS) is 16.9. The van der Waals surface area contributed by atoms with E-state index in [1.54, 1.807) is 12.3 Å². The van der Waals surface area contributed by atoms with Crippen LogP contribution in [-0.4, -0.2) is 78.8 Å². The number of hydrogen-bond acceptors (Lipinski definition) is 10. The van der Waals surface area contributed by atoms with Crippen LogP contribution in [0.2, 0.25) is 0 Å². The monoisotopic (exact) mass is 454 g/mol. The predicted octanol–water partition coefficient (Wildman–Crippen LogP) is 2.70. The number of hydrazone groups is 1. The smallest absolute Gasteiger partial charge is 0.250 e. The largest absolute Gasteiger partial charge is 0.507 e. The SMILES string of the molecule is CCN(CC)c1ccc(/C=N\Nc2nc(N3CCCCC3)nc(N3CCOCC3)n2)c(O)c1. The summed E-state index contributed by atoms with van der Waals surface area (Å²) in [6.07, 6.45) is 5.11. The van der Waals surface area contributed by atoms with E-state index in [9.17, 15) is 5.11 Å². The Kier molecular flexibility index (Phi) is 7.77. The van der Waals surface area contributed by atoms with Crippen LogP contribution >= 0.6 is 0 Å². The van der Waals surface area contributed by atoms with E-state index < -0.39 is 0 Å². The number of morpholine rings is 1. The highest BCUT2D eigenvalue weighted by molar-refractivity contribution is 5.84. The van der Waals surface area contributed by atoms with Crippen molar-refractivity contribution in [2.75, 3.05) is 72.6 Å². The minimum atomic E-state index is 0.184. The molecular formula is C23H34N8O2. The highest BCUT2D eigenvalue weighted by atomic mass is 16.5. The summed E-state index contributed by atoms with van der Waals surface area (Å²) in [5, 5.41) is 14.7. The maximum atomic E-state index is 10.4. The Morgan fingerprint density at radius 3 is 2.30 bits per heavy atom. The lowest BCUT2D eigenvalue weighted by atomic mass is 10.1. The fourth-order valence-electron chi connectivity index (χ4n) is 4.13. The summed E-state index contributed by atoms with van der Waals surface area (Å²) in [7, 11) is 0. The Morgan fingerprint density at radius 2 is 1.67 bits per heavy atom. The van der Waals surface area contributed by atoms with Gasteiger partial charge in [0, 0.05) is 56.6 Å². The minimum Gasteiger partial charge on any atom is -0.507 e. The van der Waals surface area contributed by atoms with Gasteiger partial charge in [-0.2, -0.15) is 20.1 Å². The third-order valence-electron chi connectivity index (χ3n) is 6.06. The van der Waals surface area contributed by atoms with E-state index in [1.165, 1.54) is 6.42 Å². The molecule has 0 radical (unpaired) electrons. The Labute approximate surface area is 195 Å². The zero-order valence-electron chi connectivity index (χ0n) is 19.6. The molecule has 1 aromatic carbocycles. The lowest BCUT2D eigenvalue weighted by molar-refractivity contribution is 0.122. The number of phenolic OH excluding ortho intramolecular Hbond substituents is 1. The molecule has 10 heteroatoms. The van der Waals surface area contributed by atoms with Crippen molar-refractivity contribution >= 4 is 29.7 Å². The molecule has 0 amide bonds. The van der Waals surface area contributed by atoms with Crippen LogP contribution in [0.5, 0.6) is 5.75 Å². The van der Waals surface area contributed by atoms with E-state index in [1.807, 2.05) is 12.1 Å². The molecule has 2 aliphatic rings. The molecule has 2 aromatic rings. The van der Waals surface area contributed by atoms with Gasteiger partial charge < -0.3 is 24.5 Å². The quantitative estimate of drug-likeness (QED) is 0.460. The van der Waals surface area contributed by atoms with Crippen LogP contribution in [0.4, 0.5) is 23.5 Å². The molecule has 2 N–H and O–H groups in total. The van der Waals surface area contributed by atoms with Gasteiger partial charge in [0.05, 0.1) is 19.4 Å². The third-order valence-corrected chi connectivity index (χ3v) is 6.06. The van der Waals surface area contributed by atoms with E-state index in [0.29, 0.717) is 36.6 Å². The molecule has 10 nitrogen and oxygen atoms in total. The fraction of sp³-hybridized carbons (Fsp3) is 0.565. The molecule has 178 valence electrons. The van der Waals surface area contributed by atoms with E-state index in [0.717, 1.165) is 57.8 Å². The van der Waals surface area contributed by atoms with Gasteiger partial charge in [-0.05, 0) is 45.2 Å². The molecule has 33 heavy (non-hydrogen) atoms. The molecule has 3 heterocycles. The molecule has 0 spiro atoms. The highest BCUT2D eigenvalue weighted by Gasteiger charge is 2.20. The molecule has 2 saturated heterocycles. The summed E-state index contributed by atoms with van der Waals surface area (Å²) < 4.78 is 5.47. The summed E-state index contributed by atoms with van der Waals surface area (Å²) >= 11 is 0. The Morgan fingerprint density at radius 1 is 1.00 bits per heavy atom. The minimum absolute atomic E-state index is 0.184. The van der Waals surface area contributed by atoms with Crippen LogP contribution in [0.1, 0.15) is 38.7 Å². The zero-order chi connectivity index (χ0) is 23.0. The van der Waals surface area contributed by atoms with Gasteiger partial charge in [-0.3, -0.25) is 0 Å². The maximum Gasteiger partial charge on any atom is 0.250 e. The summed E-state index contributed by atoms with van der Waals surface area (Å²) in [5.41, 5.74) is 4.55. The third kappa shape index (κ3) is 5.81. The number of anilines is 4. The number of piperidine rings is 1. The van der Waals surface area contributed by atoms with Crippen molar-refractivity contribution in [2.24, 2.45) is 5.10 Å². The van der Waals surface area contributed by atoms with Gasteiger partial charge in [0.1, 0.15) is 5.75 Å². The average Bonchev–Trinajstić information content (AvgIpc) is 2.87. The molecule has 4 rings (SSSR count). The highest BCUT2D eigenvalue weighted by Crippen LogP contribution is 2.24. The molecule has 0 unspecified atom stereocenters. The number of phenols is 1. The molecule has 0 saturated carbocycles. The maximum absolute atomic E-state index is 10.4. The number of ether oxygens (including phenoxy) is 1. The molecular weight excluding hydrogens is 420 g/mol. The standard InChI is InChI=1S/C23H34N8O2/c1-3-29(4-2)19-9-8-18(20(32)16-19)17-24-28-21-25-22(30-10-6-5-7-11-30)27-23(26-21)31-12-14-33-15-13-31/h8-9,16-17,32H,3-7,10-15H2,1-2H3,(H,25,26,27,28)/b24-17-. The molecule has 1 aromatic heterocycles. The zero-order valence-corrected chi connectivity index (χ0v) is 19.6. The lowest BCUT2D eigenvalue weighted by Crippen LogP contribution is -2.38. The van der Waals surface area contributed by atoms with Crippen LogP contribution in [0.25, 0.3) is 0 Å². The molecule has 0 bridgehead atoms. The Balaban J connectivity index is 1.52. The van der Waals surface area contributed by atoms with Gasteiger partial charge >= 0.3 is 0 Å². The van der Waals surface area contributed by atoms with Gasteiger partial charge in [0.15, 0.2) is 0 Å². The van der Waals surface area contributed by atoms with Crippen molar-refractivity contribution in [3.63, 3.8) is 0 Å². The number of nitrogens with one attached hydrogen (secondary N) is 1. The first-order valence-corrected chi connectivity index (χ1v) is 11.9. The Bertz CT molecular complexity index is 902. The number of benzene rings is 1. The summed E-state index contributed by atoms with van der Waals surface area (Å²) in [4.78, 5) is 20.5. The number of hydrogen-bond donors (Lipinski definition) is 2. The van der Waals surface area contributed by atoms with Crippen molar-refractivity contribution in [1.82, 2.24) is 15.0 Å². The number of rotatable bonds is 8. The number of nitrogens with zero attached hydrogens (tertiary/aromatic N) is 7. The summed E-state index contributed by atoms with van der Waals surface area (Å²) in [5.74, 6) is 1.89. The van der Waals surface area contributed by atoms with Crippen LogP contribution < -0.4 is 20.1 Å². The topological polar surface area (TPSA) is 102 Å². The molecule has 2 fully saturated rings. The predicted molar refractivity (Wildman–Crippen MR) is 132 cm³/mol. The summed E-state index contributed by atoms with van der Waals surface area (Å²) in [6.45, 7) is 10.7. The van der Waals surface area contributed by atoms with Crippen molar-refractivity contribution in [2.45, 2.75) is 33.1 Å². The van der Waals surface area contributed by atoms with Crippen LogP contribution in [0.15, 0.2) is 23.3 Å². The van der Waals surface area contributed by atoms with Crippen molar-refractivity contribution in [1.29, 1.82) is 0 Å². The first kappa shape index (κ1) is 23.0. The van der Waals surface area contributed by atoms with Gasteiger partial charge in [-0.1, -0.05) is 0 Å². The van der Waals surface area contributed by atoms with Crippen molar-refractivity contribution < 1.29 is 9.84 Å². The van der Waals surface area contributed by atoms with Crippen LogP contribution in [-0.2, 0) is 4.74 Å². The second-order valence-corrected chi connectivity index (χ2v) is 8.19. The van der Waals surface area contributed by atoms with Gasteiger partial charge in [-0.25, -0.2) is 5.43 Å². The van der Waals surface area contributed by atoms with Crippen molar-refractivity contribution in [3.05, 3.63) is 23.8 Å². The van der Waals surface area contributed by atoms with E-state index in [4.69, 9.17) is 9.72 Å². The first-order valence-electron chi connectivity index (χ1n) is 11.9.